The summed E-state index contributed by atoms with van der Waals surface area (Å²) in [6.07, 6.45) is 0.880. The molecule has 17 heavy (non-hydrogen) atoms. The molecule has 0 aliphatic carbocycles. The topological polar surface area (TPSA) is 41.5 Å². The van der Waals surface area contributed by atoms with Gasteiger partial charge in [-0.3, -0.25) is 0 Å². The molecule has 0 aliphatic rings. The zero-order valence-corrected chi connectivity index (χ0v) is 12.2. The van der Waals surface area contributed by atoms with Crippen molar-refractivity contribution in [2.45, 2.75) is 32.4 Å². The van der Waals surface area contributed by atoms with Gasteiger partial charge in [0.05, 0.1) is 13.7 Å². The third-order valence-electron chi connectivity index (χ3n) is 3.09. The Morgan fingerprint density at radius 3 is 2.71 bits per heavy atom. The summed E-state index contributed by atoms with van der Waals surface area (Å²) in [5.74, 6) is 0.840. The fourth-order valence-electron chi connectivity index (χ4n) is 1.41. The lowest BCUT2D eigenvalue weighted by Crippen LogP contribution is -2.44. The summed E-state index contributed by atoms with van der Waals surface area (Å²) in [6.45, 7) is 4.90. The van der Waals surface area contributed by atoms with Gasteiger partial charge >= 0.3 is 0 Å². The minimum absolute atomic E-state index is 0.130. The van der Waals surface area contributed by atoms with Crippen LogP contribution in [-0.4, -0.2) is 24.4 Å². The number of methoxy groups -OCH3 is 1. The van der Waals surface area contributed by atoms with Gasteiger partial charge in [0.25, 0.3) is 0 Å². The second-order valence-corrected chi connectivity index (χ2v) is 5.24. The van der Waals surface area contributed by atoms with Crippen molar-refractivity contribution in [2.75, 3.05) is 13.7 Å². The molecule has 1 atom stereocenters. The van der Waals surface area contributed by atoms with Gasteiger partial charge < -0.3 is 15.2 Å². The summed E-state index contributed by atoms with van der Waals surface area (Å²) in [5.41, 5.74) is 0.889. The maximum Gasteiger partial charge on any atom is 0.119 e. The van der Waals surface area contributed by atoms with E-state index in [2.05, 4.69) is 28.2 Å². The first kappa shape index (κ1) is 14.5. The molecule has 4 heteroatoms. The summed E-state index contributed by atoms with van der Waals surface area (Å²) < 4.78 is 6.24. The van der Waals surface area contributed by atoms with E-state index in [-0.39, 0.29) is 12.1 Å². The van der Waals surface area contributed by atoms with E-state index in [4.69, 9.17) is 4.74 Å². The van der Waals surface area contributed by atoms with Crippen LogP contribution in [0.1, 0.15) is 25.8 Å². The number of ether oxygens (including phenoxy) is 1. The SMILES string of the molecule is CCC(C)(CO)NCc1cc(OC)ccc1Br. The summed E-state index contributed by atoms with van der Waals surface area (Å²) in [7, 11) is 1.66. The van der Waals surface area contributed by atoms with Gasteiger partial charge in [0.2, 0.25) is 0 Å². The third kappa shape index (κ3) is 3.98. The molecule has 0 heterocycles. The highest BCUT2D eigenvalue weighted by atomic mass is 79.9. The number of aliphatic hydroxyl groups excluding tert-OH is 1. The molecule has 1 unspecified atom stereocenters. The predicted molar refractivity (Wildman–Crippen MR) is 73.3 cm³/mol. The quantitative estimate of drug-likeness (QED) is 0.849. The highest BCUT2D eigenvalue weighted by Crippen LogP contribution is 2.23. The zero-order valence-electron chi connectivity index (χ0n) is 10.6. The third-order valence-corrected chi connectivity index (χ3v) is 3.86. The van der Waals surface area contributed by atoms with Gasteiger partial charge in [0.1, 0.15) is 5.75 Å². The van der Waals surface area contributed by atoms with Crippen molar-refractivity contribution in [2.24, 2.45) is 0 Å². The molecule has 0 bridgehead atoms. The largest absolute Gasteiger partial charge is 0.497 e. The first-order valence-electron chi connectivity index (χ1n) is 5.73. The molecule has 2 N–H and O–H groups in total. The molecule has 1 rings (SSSR count). The van der Waals surface area contributed by atoms with E-state index in [0.29, 0.717) is 6.54 Å². The molecule has 0 saturated heterocycles. The number of aliphatic hydroxyl groups is 1. The van der Waals surface area contributed by atoms with Crippen LogP contribution in [0.5, 0.6) is 5.75 Å². The number of halogens is 1. The molecule has 96 valence electrons. The number of hydrogen-bond acceptors (Lipinski definition) is 3. The molecule has 0 amide bonds. The van der Waals surface area contributed by atoms with Crippen molar-refractivity contribution in [3.8, 4) is 5.75 Å². The zero-order chi connectivity index (χ0) is 12.9. The summed E-state index contributed by atoms with van der Waals surface area (Å²) >= 11 is 3.51. The molecule has 1 aromatic rings. The van der Waals surface area contributed by atoms with Crippen LogP contribution in [0.3, 0.4) is 0 Å². The lowest BCUT2D eigenvalue weighted by atomic mass is 10.00. The molecule has 0 aliphatic heterocycles. The van der Waals surface area contributed by atoms with E-state index in [1.807, 2.05) is 25.1 Å². The first-order chi connectivity index (χ1) is 8.04. The molecule has 0 radical (unpaired) electrons. The fraction of sp³-hybridized carbons (Fsp3) is 0.538. The Labute approximate surface area is 111 Å². The predicted octanol–water partition coefficient (Wildman–Crippen LogP) is 2.71. The Balaban J connectivity index is 2.74. The minimum atomic E-state index is -0.234. The average molecular weight is 302 g/mol. The highest BCUT2D eigenvalue weighted by Gasteiger charge is 2.20. The van der Waals surface area contributed by atoms with E-state index in [0.717, 1.165) is 22.2 Å². The van der Waals surface area contributed by atoms with Gasteiger partial charge in [-0.1, -0.05) is 22.9 Å². The maximum atomic E-state index is 9.33. The van der Waals surface area contributed by atoms with Crippen LogP contribution in [0.4, 0.5) is 0 Å². The van der Waals surface area contributed by atoms with Crippen LogP contribution in [0.2, 0.25) is 0 Å². The van der Waals surface area contributed by atoms with Gasteiger partial charge in [0, 0.05) is 16.6 Å². The standard InChI is InChI=1S/C13H20BrNO2/c1-4-13(2,9-16)15-8-10-7-11(17-3)5-6-12(10)14/h5-7,15-16H,4,8-9H2,1-3H3. The highest BCUT2D eigenvalue weighted by molar-refractivity contribution is 9.10. The van der Waals surface area contributed by atoms with Gasteiger partial charge in [-0.25, -0.2) is 0 Å². The van der Waals surface area contributed by atoms with Crippen molar-refractivity contribution in [1.82, 2.24) is 5.32 Å². The van der Waals surface area contributed by atoms with E-state index in [1.54, 1.807) is 7.11 Å². The Morgan fingerprint density at radius 1 is 1.47 bits per heavy atom. The Kier molecular flexibility index (Phi) is 5.43. The van der Waals surface area contributed by atoms with E-state index < -0.39 is 0 Å². The average Bonchev–Trinajstić information content (AvgIpc) is 2.37. The summed E-state index contributed by atoms with van der Waals surface area (Å²) in [6, 6.07) is 5.88. The van der Waals surface area contributed by atoms with Crippen LogP contribution in [0, 0.1) is 0 Å². The van der Waals surface area contributed by atoms with Crippen molar-refractivity contribution < 1.29 is 9.84 Å². The number of rotatable bonds is 6. The molecule has 0 aromatic heterocycles. The smallest absolute Gasteiger partial charge is 0.119 e. The molecule has 0 fully saturated rings. The monoisotopic (exact) mass is 301 g/mol. The lowest BCUT2D eigenvalue weighted by molar-refractivity contribution is 0.169. The number of benzene rings is 1. The van der Waals surface area contributed by atoms with Crippen molar-refractivity contribution in [1.29, 1.82) is 0 Å². The van der Waals surface area contributed by atoms with E-state index >= 15 is 0 Å². The summed E-state index contributed by atoms with van der Waals surface area (Å²) in [4.78, 5) is 0. The Bertz CT molecular complexity index is 364. The second-order valence-electron chi connectivity index (χ2n) is 4.38. The lowest BCUT2D eigenvalue weighted by Gasteiger charge is -2.27. The number of hydrogen-bond donors (Lipinski definition) is 2. The van der Waals surface area contributed by atoms with Crippen LogP contribution in [-0.2, 0) is 6.54 Å². The maximum absolute atomic E-state index is 9.33. The second kappa shape index (κ2) is 6.38. The van der Waals surface area contributed by atoms with Crippen LogP contribution >= 0.6 is 15.9 Å². The molecule has 0 saturated carbocycles. The normalized spacial score (nSPS) is 14.4. The Hall–Kier alpha value is -0.580. The molecule has 0 spiro atoms. The molecule has 3 nitrogen and oxygen atoms in total. The molecular formula is C13H20BrNO2. The van der Waals surface area contributed by atoms with Crippen LogP contribution < -0.4 is 10.1 Å². The summed E-state index contributed by atoms with van der Waals surface area (Å²) in [5, 5.41) is 12.7. The molecule has 1 aromatic carbocycles. The van der Waals surface area contributed by atoms with Gasteiger partial charge in [-0.15, -0.1) is 0 Å². The first-order valence-corrected chi connectivity index (χ1v) is 6.52. The van der Waals surface area contributed by atoms with E-state index in [9.17, 15) is 5.11 Å². The number of nitrogens with one attached hydrogen (secondary N) is 1. The van der Waals surface area contributed by atoms with Gasteiger partial charge in [0.15, 0.2) is 0 Å². The van der Waals surface area contributed by atoms with Crippen LogP contribution in [0.15, 0.2) is 22.7 Å². The van der Waals surface area contributed by atoms with Gasteiger partial charge in [-0.05, 0) is 37.1 Å². The fourth-order valence-corrected chi connectivity index (χ4v) is 1.80. The van der Waals surface area contributed by atoms with Crippen molar-refractivity contribution in [3.05, 3.63) is 28.2 Å². The van der Waals surface area contributed by atoms with Crippen molar-refractivity contribution >= 4 is 15.9 Å². The Morgan fingerprint density at radius 2 is 2.18 bits per heavy atom. The molecular weight excluding hydrogens is 282 g/mol. The van der Waals surface area contributed by atoms with Gasteiger partial charge in [-0.2, -0.15) is 0 Å². The minimum Gasteiger partial charge on any atom is -0.497 e. The van der Waals surface area contributed by atoms with Crippen LogP contribution in [0.25, 0.3) is 0 Å². The van der Waals surface area contributed by atoms with E-state index in [1.165, 1.54) is 0 Å². The van der Waals surface area contributed by atoms with Crippen molar-refractivity contribution in [3.63, 3.8) is 0 Å².